The van der Waals surface area contributed by atoms with Crippen molar-refractivity contribution in [1.29, 1.82) is 0 Å². The number of ether oxygens (including phenoxy) is 10. The Morgan fingerprint density at radius 3 is 0.914 bits per heavy atom. The van der Waals surface area contributed by atoms with E-state index in [-0.39, 0.29) is 0 Å². The molecule has 10 nitrogen and oxygen atoms in total. The zero-order valence-electron chi connectivity index (χ0n) is 32.5. The topological polar surface area (TPSA) is 92.3 Å². The van der Waals surface area contributed by atoms with Gasteiger partial charge in [0.2, 0.25) is 0 Å². The van der Waals surface area contributed by atoms with E-state index in [9.17, 15) is 0 Å². The summed E-state index contributed by atoms with van der Waals surface area (Å²) in [5.41, 5.74) is 5.03. The van der Waals surface area contributed by atoms with Crippen molar-refractivity contribution in [2.75, 3.05) is 106 Å². The van der Waals surface area contributed by atoms with Gasteiger partial charge < -0.3 is 47.4 Å². The summed E-state index contributed by atoms with van der Waals surface area (Å²) < 4.78 is 61.1. The first-order chi connectivity index (χ1) is 28.6. The fourth-order valence-electron chi connectivity index (χ4n) is 6.30. The smallest absolute Gasteiger partial charge is 0.162 e. The normalized spacial score (nSPS) is 18.9. The second kappa shape index (κ2) is 21.5. The summed E-state index contributed by atoms with van der Waals surface area (Å²) in [6.07, 6.45) is 0. The summed E-state index contributed by atoms with van der Waals surface area (Å²) in [6, 6.07) is 12.9. The lowest BCUT2D eigenvalue weighted by Gasteiger charge is -2.14. The monoisotopic (exact) mass is 902 g/mol. The van der Waals surface area contributed by atoms with Gasteiger partial charge in [-0.1, -0.05) is 47.0 Å². The van der Waals surface area contributed by atoms with Crippen LogP contribution in [0.1, 0.15) is 23.6 Å². The van der Waals surface area contributed by atoms with Gasteiger partial charge in [0.25, 0.3) is 0 Å². The van der Waals surface area contributed by atoms with E-state index in [0.29, 0.717) is 106 Å². The molecule has 0 spiro atoms. The van der Waals surface area contributed by atoms with Crippen LogP contribution < -0.4 is 18.9 Å². The summed E-state index contributed by atoms with van der Waals surface area (Å²) in [5.74, 6) is 2.88. The maximum atomic E-state index is 6.19. The molecule has 4 aliphatic heterocycles. The zero-order valence-corrected chi connectivity index (χ0v) is 37.4. The number of hydrogen-bond donors (Lipinski definition) is 0. The van der Waals surface area contributed by atoms with Gasteiger partial charge in [0.1, 0.15) is 26.4 Å². The quantitative estimate of drug-likeness (QED) is 0.195. The molecule has 0 bridgehead atoms. The van der Waals surface area contributed by atoms with E-state index in [1.165, 1.54) is 40.5 Å². The molecule has 4 aliphatic rings. The van der Waals surface area contributed by atoms with E-state index in [1.807, 2.05) is 0 Å². The molecule has 58 heavy (non-hydrogen) atoms. The predicted octanol–water partition coefficient (Wildman–Crippen LogP) is 10.3. The van der Waals surface area contributed by atoms with Gasteiger partial charge in [-0.3, -0.25) is 0 Å². The van der Waals surface area contributed by atoms with Crippen LogP contribution in [0, 0.1) is 0 Å². The highest BCUT2D eigenvalue weighted by Gasteiger charge is 2.28. The molecule has 310 valence electrons. The highest BCUT2D eigenvalue weighted by atomic mass is 32.2. The third-order valence-electron chi connectivity index (χ3n) is 9.17. The maximum Gasteiger partial charge on any atom is 0.162 e. The fraction of sp³-hybridized carbons (Fsp3) is 0.429. The lowest BCUT2D eigenvalue weighted by Crippen LogP contribution is -2.13. The maximum absolute atomic E-state index is 6.19. The standard InChI is InChI=1S/C42H46O10S6/c1-27(41-55-35-23-31-32(24-36(35)56-41)50-18-14-46-10-6-43-5-9-45-13-17-49-31)39-29(3-21-53-39)30-4-22-54-40(30)28(2)42-57-37-25-33-34(26-38(37)58-42)52-20-16-48-12-8-44-7-11-47-15-19-51-33/h3-4,21-26H,5-20H2,1-2H3. The Morgan fingerprint density at radius 1 is 0.379 bits per heavy atom. The second-order valence-electron chi connectivity index (χ2n) is 13.1. The van der Waals surface area contributed by atoms with Crippen molar-refractivity contribution in [2.45, 2.75) is 33.4 Å². The molecule has 0 N–H and O–H groups in total. The lowest BCUT2D eigenvalue weighted by molar-refractivity contribution is 0.00707. The Hall–Kier alpha value is -2.32. The summed E-state index contributed by atoms with van der Waals surface area (Å²) >= 11 is 10.7. The molecule has 0 saturated carbocycles. The van der Waals surface area contributed by atoms with Crippen LogP contribution in [0.3, 0.4) is 0 Å². The predicted molar refractivity (Wildman–Crippen MR) is 236 cm³/mol. The number of fused-ring (bicyclic) bond motifs is 4. The molecule has 0 fully saturated rings. The highest BCUT2D eigenvalue weighted by molar-refractivity contribution is 8.25. The minimum atomic E-state index is 0.429. The SMILES string of the molecule is CC(=C1Sc2cc3c(cc2S1)OCCOCCOCCOCCO3)c1sccc1-c1ccsc1C(C)=C1Sc2cc3c(cc2S1)OCCOCCOCCOCCO3. The van der Waals surface area contributed by atoms with Gasteiger partial charge >= 0.3 is 0 Å². The summed E-state index contributed by atoms with van der Waals surface area (Å²) in [7, 11) is 0. The Bertz CT molecular complexity index is 1840. The van der Waals surface area contributed by atoms with Crippen LogP contribution >= 0.6 is 69.7 Å². The zero-order chi connectivity index (χ0) is 39.5. The molecule has 2 aromatic carbocycles. The lowest BCUT2D eigenvalue weighted by atomic mass is 10.0. The first kappa shape index (κ1) is 42.4. The van der Waals surface area contributed by atoms with Crippen molar-refractivity contribution in [3.8, 4) is 34.1 Å². The molecule has 0 amide bonds. The molecule has 6 heterocycles. The molecule has 0 radical (unpaired) electrons. The first-order valence-electron chi connectivity index (χ1n) is 19.3. The number of benzene rings is 2. The van der Waals surface area contributed by atoms with Gasteiger partial charge in [0.05, 0.1) is 87.8 Å². The molecular formula is C42H46O10S6. The largest absolute Gasteiger partial charge is 0.487 e. The summed E-state index contributed by atoms with van der Waals surface area (Å²) in [4.78, 5) is 7.20. The van der Waals surface area contributed by atoms with Gasteiger partial charge in [-0.2, -0.15) is 0 Å². The van der Waals surface area contributed by atoms with E-state index >= 15 is 0 Å². The molecular weight excluding hydrogens is 857 g/mol. The molecule has 2 aromatic heterocycles. The Kier molecular flexibility index (Phi) is 15.7. The minimum absolute atomic E-state index is 0.429. The van der Waals surface area contributed by atoms with Gasteiger partial charge in [-0.15, -0.1) is 22.7 Å². The van der Waals surface area contributed by atoms with E-state index < -0.39 is 0 Å². The van der Waals surface area contributed by atoms with E-state index in [2.05, 4.69) is 61.0 Å². The van der Waals surface area contributed by atoms with Crippen molar-refractivity contribution in [3.63, 3.8) is 0 Å². The van der Waals surface area contributed by atoms with Crippen molar-refractivity contribution >= 4 is 80.9 Å². The minimum Gasteiger partial charge on any atom is -0.487 e. The number of thioether (sulfide) groups is 4. The van der Waals surface area contributed by atoms with E-state index in [0.717, 1.165) is 42.6 Å². The molecule has 0 atom stereocenters. The average Bonchev–Trinajstić information content (AvgIpc) is 4.06. The second-order valence-corrected chi connectivity index (χ2v) is 19.7. The highest BCUT2D eigenvalue weighted by Crippen LogP contribution is 2.59. The van der Waals surface area contributed by atoms with Crippen LogP contribution in [0.4, 0.5) is 0 Å². The van der Waals surface area contributed by atoms with Crippen molar-refractivity contribution in [1.82, 2.24) is 0 Å². The fourth-order valence-corrected chi connectivity index (χ4v) is 13.4. The third kappa shape index (κ3) is 10.8. The van der Waals surface area contributed by atoms with Crippen molar-refractivity contribution in [3.05, 3.63) is 65.4 Å². The van der Waals surface area contributed by atoms with Crippen LogP contribution in [0.15, 0.2) is 75.2 Å². The summed E-state index contributed by atoms with van der Waals surface area (Å²) in [6.45, 7) is 12.3. The molecule has 4 aromatic rings. The first-order valence-corrected chi connectivity index (χ1v) is 24.3. The van der Waals surface area contributed by atoms with Crippen molar-refractivity contribution in [2.24, 2.45) is 0 Å². The number of thiophene rings is 2. The van der Waals surface area contributed by atoms with Gasteiger partial charge in [0, 0.05) is 40.5 Å². The molecule has 0 aliphatic carbocycles. The Labute approximate surface area is 364 Å². The molecule has 16 heteroatoms. The number of allylic oxidation sites excluding steroid dienone is 2. The Balaban J connectivity index is 0.997. The van der Waals surface area contributed by atoms with Crippen LogP contribution in [0.5, 0.6) is 23.0 Å². The average molecular weight is 903 g/mol. The molecule has 0 saturated heterocycles. The number of rotatable bonds is 3. The van der Waals surface area contributed by atoms with Crippen LogP contribution in [0.25, 0.3) is 22.3 Å². The van der Waals surface area contributed by atoms with Gasteiger partial charge in [-0.05, 0) is 72.2 Å². The number of hydrogen-bond acceptors (Lipinski definition) is 16. The molecule has 0 unspecified atom stereocenters. The van der Waals surface area contributed by atoms with Gasteiger partial charge in [0.15, 0.2) is 23.0 Å². The summed E-state index contributed by atoms with van der Waals surface area (Å²) in [5, 5.41) is 4.41. The molecule has 8 rings (SSSR count). The Morgan fingerprint density at radius 2 is 0.638 bits per heavy atom. The van der Waals surface area contributed by atoms with Crippen molar-refractivity contribution < 1.29 is 47.4 Å². The van der Waals surface area contributed by atoms with E-state index in [4.69, 9.17) is 47.4 Å². The van der Waals surface area contributed by atoms with Gasteiger partial charge in [-0.25, -0.2) is 0 Å². The van der Waals surface area contributed by atoms with Crippen LogP contribution in [0.2, 0.25) is 0 Å². The van der Waals surface area contributed by atoms with E-state index in [1.54, 1.807) is 69.7 Å². The van der Waals surface area contributed by atoms with Crippen LogP contribution in [-0.4, -0.2) is 106 Å². The third-order valence-corrected chi connectivity index (χ3v) is 16.7. The van der Waals surface area contributed by atoms with Crippen LogP contribution in [-0.2, 0) is 28.4 Å².